The Morgan fingerprint density at radius 1 is 1.15 bits per heavy atom. The molecule has 6 heteroatoms. The minimum atomic E-state index is -0.241. The third-order valence-corrected chi connectivity index (χ3v) is 5.71. The summed E-state index contributed by atoms with van der Waals surface area (Å²) in [5.74, 6) is 0.851. The molecule has 0 aliphatic carbocycles. The molecular formula is C21H17N3O2S. The second-order valence-corrected chi connectivity index (χ2v) is 7.49. The van der Waals surface area contributed by atoms with Gasteiger partial charge in [-0.3, -0.25) is 9.79 Å². The molecule has 134 valence electrons. The van der Waals surface area contributed by atoms with Crippen LogP contribution in [0.2, 0.25) is 0 Å². The van der Waals surface area contributed by atoms with Gasteiger partial charge >= 0.3 is 0 Å². The third-order valence-electron chi connectivity index (χ3n) is 4.62. The quantitative estimate of drug-likeness (QED) is 0.734. The van der Waals surface area contributed by atoms with E-state index >= 15 is 0 Å². The monoisotopic (exact) mass is 375 g/mol. The van der Waals surface area contributed by atoms with E-state index in [-0.39, 0.29) is 5.91 Å². The molecule has 3 heterocycles. The molecule has 3 aromatic rings. The van der Waals surface area contributed by atoms with Gasteiger partial charge in [-0.05, 0) is 47.7 Å². The van der Waals surface area contributed by atoms with Gasteiger partial charge in [-0.2, -0.15) is 0 Å². The van der Waals surface area contributed by atoms with Gasteiger partial charge in [0.2, 0.25) is 0 Å². The fourth-order valence-corrected chi connectivity index (χ4v) is 4.38. The molecule has 1 amide bonds. The van der Waals surface area contributed by atoms with Crippen molar-refractivity contribution >= 4 is 34.2 Å². The van der Waals surface area contributed by atoms with Gasteiger partial charge in [-0.15, -0.1) is 0 Å². The molecule has 0 spiro atoms. The van der Waals surface area contributed by atoms with Crippen molar-refractivity contribution in [2.75, 3.05) is 23.3 Å². The number of hydrogen-bond donors (Lipinski definition) is 1. The zero-order valence-corrected chi connectivity index (χ0v) is 15.3. The molecule has 27 heavy (non-hydrogen) atoms. The highest BCUT2D eigenvalue weighted by Gasteiger charge is 2.29. The van der Waals surface area contributed by atoms with Gasteiger partial charge in [-0.25, -0.2) is 0 Å². The third kappa shape index (κ3) is 3.13. The molecule has 2 aliphatic rings. The molecule has 5 nitrogen and oxygen atoms in total. The molecule has 0 saturated carbocycles. The molecular weight excluding hydrogens is 358 g/mol. The number of benzene rings is 2. The molecule has 1 N–H and O–H groups in total. The number of carbonyl (C=O) groups excluding carboxylic acids is 1. The smallest absolute Gasteiger partial charge is 0.291 e. The minimum absolute atomic E-state index is 0.241. The lowest BCUT2D eigenvalue weighted by Crippen LogP contribution is -2.21. The van der Waals surface area contributed by atoms with E-state index in [1.807, 2.05) is 54.6 Å². The Balaban J connectivity index is 1.30. The Kier molecular flexibility index (Phi) is 3.98. The van der Waals surface area contributed by atoms with Crippen molar-refractivity contribution in [2.24, 2.45) is 4.99 Å². The van der Waals surface area contributed by atoms with E-state index in [9.17, 15) is 4.79 Å². The second kappa shape index (κ2) is 6.63. The predicted molar refractivity (Wildman–Crippen MR) is 108 cm³/mol. The fourth-order valence-electron chi connectivity index (χ4n) is 3.31. The van der Waals surface area contributed by atoms with Crippen LogP contribution in [-0.2, 0) is 6.42 Å². The van der Waals surface area contributed by atoms with Crippen molar-refractivity contribution in [2.45, 2.75) is 11.3 Å². The Labute approximate surface area is 161 Å². The van der Waals surface area contributed by atoms with Gasteiger partial charge in [0.15, 0.2) is 10.9 Å². The number of furan rings is 1. The Bertz CT molecular complexity index is 1040. The van der Waals surface area contributed by atoms with Gasteiger partial charge in [0.05, 0.1) is 12.2 Å². The van der Waals surface area contributed by atoms with Crippen LogP contribution in [0, 0.1) is 0 Å². The molecule has 0 unspecified atom stereocenters. The number of nitrogens with one attached hydrogen (secondary N) is 1. The maximum atomic E-state index is 12.6. The number of hydrogen-bond acceptors (Lipinski definition) is 5. The van der Waals surface area contributed by atoms with Crippen LogP contribution in [0.5, 0.6) is 0 Å². The number of carbonyl (C=O) groups is 1. The van der Waals surface area contributed by atoms with Crippen LogP contribution >= 0.6 is 11.8 Å². The van der Waals surface area contributed by atoms with E-state index in [4.69, 9.17) is 4.42 Å². The molecule has 1 aromatic heterocycles. The highest BCUT2D eigenvalue weighted by atomic mass is 32.2. The largest absolute Gasteiger partial charge is 0.456 e. The van der Waals surface area contributed by atoms with Crippen molar-refractivity contribution in [3.8, 4) is 0 Å². The number of thioether (sulfide) groups is 1. The van der Waals surface area contributed by atoms with E-state index in [0.717, 1.165) is 41.0 Å². The molecule has 0 saturated heterocycles. The van der Waals surface area contributed by atoms with Crippen molar-refractivity contribution in [1.29, 1.82) is 0 Å². The maximum absolute atomic E-state index is 12.6. The predicted octanol–water partition coefficient (Wildman–Crippen LogP) is 4.40. The van der Waals surface area contributed by atoms with Crippen LogP contribution in [0.4, 0.5) is 11.4 Å². The highest BCUT2D eigenvalue weighted by molar-refractivity contribution is 8.14. The first kappa shape index (κ1) is 16.2. The highest BCUT2D eigenvalue weighted by Crippen LogP contribution is 2.43. The number of fused-ring (bicyclic) bond motifs is 3. The number of amidine groups is 1. The zero-order valence-electron chi connectivity index (χ0n) is 14.5. The fraction of sp³-hybridized carbons (Fsp3) is 0.143. The Hall–Kier alpha value is -2.99. The van der Waals surface area contributed by atoms with Crippen molar-refractivity contribution in [3.63, 3.8) is 0 Å². The molecule has 0 atom stereocenters. The van der Waals surface area contributed by atoms with E-state index in [0.29, 0.717) is 12.2 Å². The van der Waals surface area contributed by atoms with E-state index in [1.54, 1.807) is 17.8 Å². The van der Waals surface area contributed by atoms with Gasteiger partial charge in [0.25, 0.3) is 5.91 Å². The van der Waals surface area contributed by atoms with Gasteiger partial charge in [-0.1, -0.05) is 30.3 Å². The second-order valence-electron chi connectivity index (χ2n) is 6.48. The topological polar surface area (TPSA) is 57.8 Å². The van der Waals surface area contributed by atoms with Gasteiger partial charge in [0, 0.05) is 23.5 Å². The molecule has 0 radical (unpaired) electrons. The lowest BCUT2D eigenvalue weighted by Gasteiger charge is -2.13. The molecule has 5 rings (SSSR count). The lowest BCUT2D eigenvalue weighted by molar-refractivity contribution is 0.0995. The maximum Gasteiger partial charge on any atom is 0.291 e. The first-order chi connectivity index (χ1) is 13.3. The van der Waals surface area contributed by atoms with Crippen LogP contribution in [0.25, 0.3) is 0 Å². The van der Waals surface area contributed by atoms with Gasteiger partial charge in [0.1, 0.15) is 5.76 Å². The summed E-state index contributed by atoms with van der Waals surface area (Å²) in [5, 5.41) is 3.98. The first-order valence-electron chi connectivity index (χ1n) is 8.84. The van der Waals surface area contributed by atoms with Crippen LogP contribution in [-0.4, -0.2) is 24.2 Å². The standard InChI is InChI=1S/C21H17N3O2S/c25-20(18-8-7-16(26-18)12-14-4-2-1-3-5-14)23-15-6-9-19-17(13-15)24-11-10-22-21(24)27-19/h1-9,13H,10-12H2,(H,23,25). The number of aliphatic imine (C=N–C) groups is 1. The summed E-state index contributed by atoms with van der Waals surface area (Å²) < 4.78 is 5.74. The summed E-state index contributed by atoms with van der Waals surface area (Å²) in [4.78, 5) is 20.4. The summed E-state index contributed by atoms with van der Waals surface area (Å²) in [6.07, 6.45) is 0.668. The number of nitrogens with zero attached hydrogens (tertiary/aromatic N) is 2. The summed E-state index contributed by atoms with van der Waals surface area (Å²) in [6, 6.07) is 19.6. The first-order valence-corrected chi connectivity index (χ1v) is 9.66. The van der Waals surface area contributed by atoms with Crippen LogP contribution in [0.15, 0.2) is 75.0 Å². The SMILES string of the molecule is O=C(Nc1ccc2c(c1)N1CCN=C1S2)c1ccc(Cc2ccccc2)o1. The average Bonchev–Trinajstić information content (AvgIpc) is 3.39. The van der Waals surface area contributed by atoms with Crippen LogP contribution in [0.1, 0.15) is 21.9 Å². The van der Waals surface area contributed by atoms with E-state index < -0.39 is 0 Å². The van der Waals surface area contributed by atoms with Gasteiger partial charge < -0.3 is 14.6 Å². The van der Waals surface area contributed by atoms with Crippen molar-refractivity contribution in [3.05, 3.63) is 77.7 Å². The average molecular weight is 375 g/mol. The normalized spacial score (nSPS) is 14.7. The molecule has 2 aromatic carbocycles. The summed E-state index contributed by atoms with van der Waals surface area (Å²) >= 11 is 1.68. The molecule has 0 fully saturated rings. The van der Waals surface area contributed by atoms with Crippen LogP contribution in [0.3, 0.4) is 0 Å². The molecule has 2 aliphatic heterocycles. The number of amides is 1. The minimum Gasteiger partial charge on any atom is -0.456 e. The van der Waals surface area contributed by atoms with E-state index in [2.05, 4.69) is 15.2 Å². The number of rotatable bonds is 4. The van der Waals surface area contributed by atoms with Crippen LogP contribution < -0.4 is 10.2 Å². The Morgan fingerprint density at radius 2 is 2.04 bits per heavy atom. The summed E-state index contributed by atoms with van der Waals surface area (Å²) in [6.45, 7) is 1.72. The lowest BCUT2D eigenvalue weighted by atomic mass is 10.1. The zero-order chi connectivity index (χ0) is 18.2. The summed E-state index contributed by atoms with van der Waals surface area (Å²) in [7, 11) is 0. The molecule has 0 bridgehead atoms. The van der Waals surface area contributed by atoms with Crippen molar-refractivity contribution < 1.29 is 9.21 Å². The number of anilines is 2. The van der Waals surface area contributed by atoms with Crippen molar-refractivity contribution in [1.82, 2.24) is 0 Å². The van der Waals surface area contributed by atoms with E-state index in [1.165, 1.54) is 4.90 Å². The Morgan fingerprint density at radius 3 is 2.93 bits per heavy atom. The summed E-state index contributed by atoms with van der Waals surface area (Å²) in [5.41, 5.74) is 3.02.